The van der Waals surface area contributed by atoms with Crippen molar-refractivity contribution < 1.29 is 4.39 Å². The largest absolute Gasteiger partial charge is 0.207 e. The van der Waals surface area contributed by atoms with Crippen LogP contribution in [0.5, 0.6) is 0 Å². The first-order valence-corrected chi connectivity index (χ1v) is 4.90. The Morgan fingerprint density at radius 2 is 2.07 bits per heavy atom. The molecule has 1 aromatic carbocycles. The number of hydrogen-bond acceptors (Lipinski definition) is 0. The number of halogens is 2. The maximum atomic E-state index is 12.9. The molecule has 0 amide bonds. The minimum atomic E-state index is -0.341. The highest BCUT2D eigenvalue weighted by atomic mass is 35.5. The standard InChI is InChI=1S/C12H12ClF/c1-9(2)4-3-5-10-6-11(13)8-12(14)7-10/h6-9H,4H2,1-2H3. The maximum Gasteiger partial charge on any atom is 0.125 e. The summed E-state index contributed by atoms with van der Waals surface area (Å²) in [5.41, 5.74) is 0.635. The Balaban J connectivity index is 2.79. The summed E-state index contributed by atoms with van der Waals surface area (Å²) in [4.78, 5) is 0. The van der Waals surface area contributed by atoms with E-state index in [-0.39, 0.29) is 5.82 Å². The predicted octanol–water partition coefficient (Wildman–Crippen LogP) is 3.88. The van der Waals surface area contributed by atoms with Crippen LogP contribution in [0.15, 0.2) is 18.2 Å². The summed E-state index contributed by atoms with van der Waals surface area (Å²) in [6.07, 6.45) is 0.814. The molecule has 0 radical (unpaired) electrons. The lowest BCUT2D eigenvalue weighted by atomic mass is 10.1. The molecule has 14 heavy (non-hydrogen) atoms. The Hall–Kier alpha value is -1.00. The van der Waals surface area contributed by atoms with Crippen molar-refractivity contribution in [2.24, 2.45) is 5.92 Å². The van der Waals surface area contributed by atoms with Gasteiger partial charge in [-0.25, -0.2) is 4.39 Å². The van der Waals surface area contributed by atoms with E-state index in [1.54, 1.807) is 6.07 Å². The summed E-state index contributed by atoms with van der Waals surface area (Å²) in [5, 5.41) is 0.388. The number of benzene rings is 1. The van der Waals surface area contributed by atoms with E-state index < -0.39 is 0 Å². The molecule has 0 heterocycles. The van der Waals surface area contributed by atoms with Gasteiger partial charge in [-0.3, -0.25) is 0 Å². The average Bonchev–Trinajstić information content (AvgIpc) is 2.01. The molecule has 0 spiro atoms. The van der Waals surface area contributed by atoms with Crippen LogP contribution in [-0.2, 0) is 0 Å². The van der Waals surface area contributed by atoms with Gasteiger partial charge in [-0.15, -0.1) is 0 Å². The molecule has 0 aliphatic rings. The summed E-state index contributed by atoms with van der Waals surface area (Å²) in [6.45, 7) is 4.18. The normalized spacial score (nSPS) is 9.79. The second-order valence-electron chi connectivity index (χ2n) is 3.56. The first kappa shape index (κ1) is 11.1. The van der Waals surface area contributed by atoms with Gasteiger partial charge in [0.05, 0.1) is 0 Å². The third-order valence-corrected chi connectivity index (χ3v) is 1.82. The van der Waals surface area contributed by atoms with Gasteiger partial charge in [0.15, 0.2) is 0 Å². The Morgan fingerprint density at radius 1 is 1.36 bits per heavy atom. The van der Waals surface area contributed by atoms with Crippen LogP contribution in [0, 0.1) is 23.6 Å². The zero-order valence-electron chi connectivity index (χ0n) is 8.27. The lowest BCUT2D eigenvalue weighted by molar-refractivity contribution is 0.627. The van der Waals surface area contributed by atoms with Crippen molar-refractivity contribution in [3.05, 3.63) is 34.6 Å². The van der Waals surface area contributed by atoms with Crippen LogP contribution in [0.4, 0.5) is 4.39 Å². The van der Waals surface area contributed by atoms with Crippen molar-refractivity contribution in [2.75, 3.05) is 0 Å². The summed E-state index contributed by atoms with van der Waals surface area (Å²) in [7, 11) is 0. The highest BCUT2D eigenvalue weighted by Crippen LogP contribution is 2.13. The summed E-state index contributed by atoms with van der Waals surface area (Å²) in [5.74, 6) is 6.06. The molecule has 2 heteroatoms. The van der Waals surface area contributed by atoms with Gasteiger partial charge >= 0.3 is 0 Å². The Labute approximate surface area is 89.1 Å². The third-order valence-electron chi connectivity index (χ3n) is 1.61. The smallest absolute Gasteiger partial charge is 0.125 e. The average molecular weight is 211 g/mol. The highest BCUT2D eigenvalue weighted by molar-refractivity contribution is 6.30. The third kappa shape index (κ3) is 3.81. The van der Waals surface area contributed by atoms with E-state index in [2.05, 4.69) is 25.7 Å². The quantitative estimate of drug-likeness (QED) is 0.618. The van der Waals surface area contributed by atoms with E-state index in [0.29, 0.717) is 16.5 Å². The minimum Gasteiger partial charge on any atom is -0.207 e. The van der Waals surface area contributed by atoms with Crippen molar-refractivity contribution in [2.45, 2.75) is 20.3 Å². The first-order chi connectivity index (χ1) is 6.58. The molecule has 0 saturated heterocycles. The van der Waals surface area contributed by atoms with Crippen LogP contribution in [0.25, 0.3) is 0 Å². The molecule has 0 atom stereocenters. The highest BCUT2D eigenvalue weighted by Gasteiger charge is 1.95. The van der Waals surface area contributed by atoms with Crippen LogP contribution < -0.4 is 0 Å². The molecule has 0 N–H and O–H groups in total. The van der Waals surface area contributed by atoms with Gasteiger partial charge in [0, 0.05) is 17.0 Å². The van der Waals surface area contributed by atoms with Gasteiger partial charge in [-0.1, -0.05) is 37.3 Å². The van der Waals surface area contributed by atoms with E-state index in [1.807, 2.05) is 0 Å². The summed E-state index contributed by atoms with van der Waals surface area (Å²) < 4.78 is 12.9. The molecule has 0 nitrogen and oxygen atoms in total. The van der Waals surface area contributed by atoms with Crippen molar-refractivity contribution in [3.8, 4) is 11.8 Å². The molecule has 0 saturated carbocycles. The van der Waals surface area contributed by atoms with Gasteiger partial charge < -0.3 is 0 Å². The zero-order valence-corrected chi connectivity index (χ0v) is 9.03. The van der Waals surface area contributed by atoms with Gasteiger partial charge in [-0.2, -0.15) is 0 Å². The van der Waals surface area contributed by atoms with Gasteiger partial charge in [0.2, 0.25) is 0 Å². The van der Waals surface area contributed by atoms with Crippen LogP contribution in [0.3, 0.4) is 0 Å². The Kier molecular flexibility index (Phi) is 3.98. The molecule has 0 aliphatic carbocycles. The topological polar surface area (TPSA) is 0 Å². The Morgan fingerprint density at radius 3 is 2.64 bits per heavy atom. The number of hydrogen-bond donors (Lipinski definition) is 0. The molecule has 0 unspecified atom stereocenters. The lowest BCUT2D eigenvalue weighted by Gasteiger charge is -1.95. The monoisotopic (exact) mass is 210 g/mol. The predicted molar refractivity (Wildman–Crippen MR) is 57.7 cm³/mol. The van der Waals surface area contributed by atoms with Crippen LogP contribution in [-0.4, -0.2) is 0 Å². The molecule has 0 bridgehead atoms. The fourth-order valence-corrected chi connectivity index (χ4v) is 1.21. The molecule has 1 rings (SSSR count). The van der Waals surface area contributed by atoms with Crippen molar-refractivity contribution >= 4 is 11.6 Å². The van der Waals surface area contributed by atoms with E-state index in [0.717, 1.165) is 6.42 Å². The first-order valence-electron chi connectivity index (χ1n) is 4.53. The molecule has 1 aromatic rings. The second-order valence-corrected chi connectivity index (χ2v) is 3.99. The molecule has 74 valence electrons. The Bertz CT molecular complexity index is 351. The van der Waals surface area contributed by atoms with E-state index >= 15 is 0 Å². The van der Waals surface area contributed by atoms with E-state index in [9.17, 15) is 4.39 Å². The molecule has 0 aliphatic heterocycles. The van der Waals surface area contributed by atoms with Gasteiger partial charge in [-0.05, 0) is 24.1 Å². The maximum absolute atomic E-state index is 12.9. The van der Waals surface area contributed by atoms with Crippen LogP contribution in [0.1, 0.15) is 25.8 Å². The molecule has 0 aromatic heterocycles. The fraction of sp³-hybridized carbons (Fsp3) is 0.333. The second kappa shape index (κ2) is 5.02. The molecular weight excluding hydrogens is 199 g/mol. The fourth-order valence-electron chi connectivity index (χ4n) is 0.983. The van der Waals surface area contributed by atoms with Crippen LogP contribution >= 0.6 is 11.6 Å². The summed E-state index contributed by atoms with van der Waals surface area (Å²) in [6, 6.07) is 4.33. The van der Waals surface area contributed by atoms with Gasteiger partial charge in [0.1, 0.15) is 5.82 Å². The summed E-state index contributed by atoms with van der Waals surface area (Å²) >= 11 is 5.68. The van der Waals surface area contributed by atoms with Crippen LogP contribution in [0.2, 0.25) is 5.02 Å². The molecule has 0 fully saturated rings. The van der Waals surface area contributed by atoms with E-state index in [1.165, 1.54) is 12.1 Å². The van der Waals surface area contributed by atoms with Crippen molar-refractivity contribution in [1.82, 2.24) is 0 Å². The number of rotatable bonds is 1. The van der Waals surface area contributed by atoms with Gasteiger partial charge in [0.25, 0.3) is 0 Å². The van der Waals surface area contributed by atoms with E-state index in [4.69, 9.17) is 11.6 Å². The zero-order chi connectivity index (χ0) is 10.6. The minimum absolute atomic E-state index is 0.341. The molecular formula is C12H12ClF. The van der Waals surface area contributed by atoms with Crippen molar-refractivity contribution in [1.29, 1.82) is 0 Å². The van der Waals surface area contributed by atoms with Crippen molar-refractivity contribution in [3.63, 3.8) is 0 Å². The SMILES string of the molecule is CC(C)CC#Cc1cc(F)cc(Cl)c1. The lowest BCUT2D eigenvalue weighted by Crippen LogP contribution is -1.83.